The minimum absolute atomic E-state index is 0.122. The predicted octanol–water partition coefficient (Wildman–Crippen LogP) is 0.754. The lowest BCUT2D eigenvalue weighted by Crippen LogP contribution is -2.44. The highest BCUT2D eigenvalue weighted by Crippen LogP contribution is 2.18. The van der Waals surface area contributed by atoms with Crippen LogP contribution in [0.3, 0.4) is 0 Å². The van der Waals surface area contributed by atoms with Crippen LogP contribution in [0.2, 0.25) is 0 Å². The lowest BCUT2D eigenvalue weighted by atomic mass is 10.2. The standard InChI is InChI=1S/C13H13FN2O4/c1-8(17)16-11(13(18)19-2)7-20-12-4-3-9(6-15)5-10(12)14/h3-5,11H,7H2,1-2H3,(H,16,17). The topological polar surface area (TPSA) is 88.4 Å². The first-order valence-corrected chi connectivity index (χ1v) is 5.65. The third-order valence-electron chi connectivity index (χ3n) is 2.33. The second-order valence-corrected chi connectivity index (χ2v) is 3.84. The normalized spacial score (nSPS) is 11.1. The molecule has 20 heavy (non-hydrogen) atoms. The summed E-state index contributed by atoms with van der Waals surface area (Å²) in [5.74, 6) is -1.99. The van der Waals surface area contributed by atoms with E-state index < -0.39 is 23.7 Å². The molecule has 1 N–H and O–H groups in total. The van der Waals surface area contributed by atoms with Crippen LogP contribution in [0.25, 0.3) is 0 Å². The lowest BCUT2D eigenvalue weighted by Gasteiger charge is -2.16. The van der Waals surface area contributed by atoms with Crippen LogP contribution in [0.4, 0.5) is 4.39 Å². The maximum atomic E-state index is 13.6. The molecule has 0 aliphatic rings. The molecule has 0 spiro atoms. The average Bonchev–Trinajstić information content (AvgIpc) is 2.43. The number of carbonyl (C=O) groups excluding carboxylic acids is 2. The van der Waals surface area contributed by atoms with E-state index in [-0.39, 0.29) is 17.9 Å². The van der Waals surface area contributed by atoms with Crippen molar-refractivity contribution in [3.05, 3.63) is 29.6 Å². The van der Waals surface area contributed by atoms with Gasteiger partial charge in [-0.25, -0.2) is 9.18 Å². The average molecular weight is 280 g/mol. The monoisotopic (exact) mass is 280 g/mol. The lowest BCUT2D eigenvalue weighted by molar-refractivity contribution is -0.145. The Balaban J connectivity index is 2.74. The molecule has 0 bridgehead atoms. The number of hydrogen-bond acceptors (Lipinski definition) is 5. The highest BCUT2D eigenvalue weighted by atomic mass is 19.1. The van der Waals surface area contributed by atoms with E-state index in [4.69, 9.17) is 10.00 Å². The molecular weight excluding hydrogens is 267 g/mol. The number of nitrogens with zero attached hydrogens (tertiary/aromatic N) is 1. The molecule has 1 rings (SSSR count). The molecule has 6 nitrogen and oxygen atoms in total. The van der Waals surface area contributed by atoms with Gasteiger partial charge in [0.15, 0.2) is 17.6 Å². The van der Waals surface area contributed by atoms with Gasteiger partial charge in [0.25, 0.3) is 0 Å². The highest BCUT2D eigenvalue weighted by molar-refractivity contribution is 5.83. The summed E-state index contributed by atoms with van der Waals surface area (Å²) in [6.07, 6.45) is 0. The number of nitriles is 1. The van der Waals surface area contributed by atoms with E-state index in [0.29, 0.717) is 0 Å². The summed E-state index contributed by atoms with van der Waals surface area (Å²) in [6, 6.07) is 4.42. The van der Waals surface area contributed by atoms with Crippen molar-refractivity contribution in [2.75, 3.05) is 13.7 Å². The Bertz CT molecular complexity index is 554. The van der Waals surface area contributed by atoms with Gasteiger partial charge in [0, 0.05) is 6.92 Å². The minimum Gasteiger partial charge on any atom is -0.488 e. The third kappa shape index (κ3) is 4.24. The van der Waals surface area contributed by atoms with E-state index >= 15 is 0 Å². The van der Waals surface area contributed by atoms with Gasteiger partial charge < -0.3 is 14.8 Å². The Labute approximate surface area is 115 Å². The summed E-state index contributed by atoms with van der Waals surface area (Å²) in [5.41, 5.74) is 0.154. The maximum absolute atomic E-state index is 13.6. The second-order valence-electron chi connectivity index (χ2n) is 3.84. The molecule has 7 heteroatoms. The van der Waals surface area contributed by atoms with Crippen molar-refractivity contribution in [2.24, 2.45) is 0 Å². The van der Waals surface area contributed by atoms with Gasteiger partial charge in [-0.15, -0.1) is 0 Å². The fraction of sp³-hybridized carbons (Fsp3) is 0.308. The van der Waals surface area contributed by atoms with Crippen LogP contribution in [0.15, 0.2) is 18.2 Å². The summed E-state index contributed by atoms with van der Waals surface area (Å²) in [4.78, 5) is 22.4. The summed E-state index contributed by atoms with van der Waals surface area (Å²) in [7, 11) is 1.17. The van der Waals surface area contributed by atoms with Crippen molar-refractivity contribution in [1.82, 2.24) is 5.32 Å². The predicted molar refractivity (Wildman–Crippen MR) is 66.2 cm³/mol. The summed E-state index contributed by atoms with van der Waals surface area (Å²) < 4.78 is 23.2. The fourth-order valence-electron chi connectivity index (χ4n) is 1.42. The number of methoxy groups -OCH3 is 1. The Kier molecular flexibility index (Phi) is 5.47. The SMILES string of the molecule is COC(=O)C(COc1ccc(C#N)cc1F)NC(C)=O. The number of benzene rings is 1. The number of nitrogens with one attached hydrogen (secondary N) is 1. The van der Waals surface area contributed by atoms with Gasteiger partial charge in [0.05, 0.1) is 18.7 Å². The largest absolute Gasteiger partial charge is 0.488 e. The molecule has 0 aliphatic heterocycles. The van der Waals surface area contributed by atoms with Crippen LogP contribution in [0, 0.1) is 17.1 Å². The van der Waals surface area contributed by atoms with E-state index in [1.54, 1.807) is 6.07 Å². The molecule has 0 saturated carbocycles. The summed E-state index contributed by atoms with van der Waals surface area (Å²) in [6.45, 7) is 0.952. The van der Waals surface area contributed by atoms with Crippen molar-refractivity contribution in [3.8, 4) is 11.8 Å². The van der Waals surface area contributed by atoms with E-state index in [1.165, 1.54) is 26.2 Å². The number of halogens is 1. The first-order chi connectivity index (χ1) is 9.47. The van der Waals surface area contributed by atoms with Crippen LogP contribution in [0.5, 0.6) is 5.75 Å². The molecule has 0 aliphatic carbocycles. The zero-order valence-electron chi connectivity index (χ0n) is 11.0. The van der Waals surface area contributed by atoms with Gasteiger partial charge >= 0.3 is 5.97 Å². The van der Waals surface area contributed by atoms with Gasteiger partial charge in [-0.3, -0.25) is 4.79 Å². The summed E-state index contributed by atoms with van der Waals surface area (Å²) in [5, 5.41) is 10.9. The quantitative estimate of drug-likeness (QED) is 0.804. The van der Waals surface area contributed by atoms with Gasteiger partial charge in [0.1, 0.15) is 6.61 Å². The first kappa shape index (κ1) is 15.4. The number of hydrogen-bond donors (Lipinski definition) is 1. The molecule has 1 aromatic rings. The molecule has 0 saturated heterocycles. The van der Waals surface area contributed by atoms with Crippen LogP contribution < -0.4 is 10.1 Å². The molecule has 1 aromatic carbocycles. The molecule has 1 atom stereocenters. The smallest absolute Gasteiger partial charge is 0.331 e. The van der Waals surface area contributed by atoms with Gasteiger partial charge in [-0.05, 0) is 18.2 Å². The number of ether oxygens (including phenoxy) is 2. The summed E-state index contributed by atoms with van der Waals surface area (Å²) >= 11 is 0. The van der Waals surface area contributed by atoms with Gasteiger partial charge in [-0.1, -0.05) is 0 Å². The number of rotatable bonds is 5. The van der Waals surface area contributed by atoms with Crippen molar-refractivity contribution in [3.63, 3.8) is 0 Å². The van der Waals surface area contributed by atoms with E-state index in [2.05, 4.69) is 10.1 Å². The minimum atomic E-state index is -1.03. The Morgan fingerprint density at radius 3 is 2.70 bits per heavy atom. The molecule has 0 heterocycles. The molecule has 0 radical (unpaired) electrons. The molecule has 106 valence electrons. The van der Waals surface area contributed by atoms with Crippen molar-refractivity contribution < 1.29 is 23.5 Å². The molecule has 0 aromatic heterocycles. The maximum Gasteiger partial charge on any atom is 0.331 e. The fourth-order valence-corrected chi connectivity index (χ4v) is 1.42. The Morgan fingerprint density at radius 2 is 2.20 bits per heavy atom. The van der Waals surface area contributed by atoms with Crippen molar-refractivity contribution >= 4 is 11.9 Å². The van der Waals surface area contributed by atoms with Crippen molar-refractivity contribution in [2.45, 2.75) is 13.0 Å². The van der Waals surface area contributed by atoms with Gasteiger partial charge in [0.2, 0.25) is 5.91 Å². The number of carbonyl (C=O) groups is 2. The zero-order valence-corrected chi connectivity index (χ0v) is 11.0. The molecule has 0 fully saturated rings. The molecule has 1 amide bonds. The number of amides is 1. The van der Waals surface area contributed by atoms with Crippen LogP contribution >= 0.6 is 0 Å². The van der Waals surface area contributed by atoms with E-state index in [9.17, 15) is 14.0 Å². The third-order valence-corrected chi connectivity index (χ3v) is 2.33. The molecule has 1 unspecified atom stereocenters. The number of esters is 1. The van der Waals surface area contributed by atoms with Crippen molar-refractivity contribution in [1.29, 1.82) is 5.26 Å². The molecular formula is C13H13FN2O4. The first-order valence-electron chi connectivity index (χ1n) is 5.65. The zero-order chi connectivity index (χ0) is 15.1. The van der Waals surface area contributed by atoms with E-state index in [0.717, 1.165) is 6.07 Å². The Hall–Kier alpha value is -2.62. The Morgan fingerprint density at radius 1 is 1.50 bits per heavy atom. The van der Waals surface area contributed by atoms with Crippen LogP contribution in [-0.4, -0.2) is 31.6 Å². The highest BCUT2D eigenvalue weighted by Gasteiger charge is 2.21. The second kappa shape index (κ2) is 7.09. The van der Waals surface area contributed by atoms with Crippen LogP contribution in [-0.2, 0) is 14.3 Å². The van der Waals surface area contributed by atoms with Crippen LogP contribution in [0.1, 0.15) is 12.5 Å². The van der Waals surface area contributed by atoms with Gasteiger partial charge in [-0.2, -0.15) is 5.26 Å². The van der Waals surface area contributed by atoms with E-state index in [1.807, 2.05) is 0 Å².